The van der Waals surface area contributed by atoms with Gasteiger partial charge in [0, 0.05) is 17.6 Å². The van der Waals surface area contributed by atoms with Crippen LogP contribution in [0, 0.1) is 0 Å². The molecule has 0 bridgehead atoms. The normalized spacial score (nSPS) is 17.1. The van der Waals surface area contributed by atoms with Gasteiger partial charge in [-0.15, -0.1) is 0 Å². The summed E-state index contributed by atoms with van der Waals surface area (Å²) in [4.78, 5) is 39.8. The first-order valence-electron chi connectivity index (χ1n) is 8.48. The molecule has 28 heavy (non-hydrogen) atoms. The zero-order valence-electron chi connectivity index (χ0n) is 15.3. The van der Waals surface area contributed by atoms with E-state index < -0.39 is 40.3 Å². The Hall–Kier alpha value is -3.20. The van der Waals surface area contributed by atoms with E-state index in [2.05, 4.69) is 5.32 Å². The van der Waals surface area contributed by atoms with Crippen molar-refractivity contribution >= 4 is 39.1 Å². The van der Waals surface area contributed by atoms with Crippen molar-refractivity contribution in [3.63, 3.8) is 0 Å². The zero-order chi connectivity index (χ0) is 20.5. The summed E-state index contributed by atoms with van der Waals surface area (Å²) < 4.78 is 22.9. The van der Waals surface area contributed by atoms with Gasteiger partial charge < -0.3 is 5.32 Å². The van der Waals surface area contributed by atoms with E-state index in [1.165, 1.54) is 29.2 Å². The summed E-state index contributed by atoms with van der Waals surface area (Å²) in [6.07, 6.45) is 1.09. The second kappa shape index (κ2) is 7.43. The molecule has 1 heterocycles. The van der Waals surface area contributed by atoms with E-state index in [0.717, 1.165) is 11.2 Å². The highest BCUT2D eigenvalue weighted by Gasteiger charge is 2.43. The molecule has 0 saturated carbocycles. The number of nitrogens with one attached hydrogen (secondary N) is 1. The zero-order valence-corrected chi connectivity index (χ0v) is 16.1. The van der Waals surface area contributed by atoms with Gasteiger partial charge in [0.15, 0.2) is 9.84 Å². The minimum absolute atomic E-state index is 0.128. The molecule has 1 fully saturated rings. The Morgan fingerprint density at radius 1 is 1.04 bits per heavy atom. The van der Waals surface area contributed by atoms with E-state index in [1.807, 2.05) is 0 Å². The molecule has 1 saturated heterocycles. The van der Waals surface area contributed by atoms with E-state index in [1.54, 1.807) is 37.3 Å². The summed E-state index contributed by atoms with van der Waals surface area (Å²) >= 11 is 0. The molecule has 0 aromatic heterocycles. The van der Waals surface area contributed by atoms with Crippen LogP contribution in [0.5, 0.6) is 0 Å². The Labute approximate surface area is 162 Å². The molecule has 2 aromatic rings. The van der Waals surface area contributed by atoms with Crippen LogP contribution in [-0.4, -0.2) is 50.0 Å². The standard InChI is InChI=1S/C19H19N3O5S/c1-13-18(24)21(19(25)22(13)15-6-4-3-5-7-15)12-17(23)20-14-8-10-16(11-9-14)28(2,26)27/h3-11,13H,12H2,1-2H3,(H,20,23). The van der Waals surface area contributed by atoms with Crippen molar-refractivity contribution in [2.45, 2.75) is 17.9 Å². The molecule has 2 aromatic carbocycles. The van der Waals surface area contributed by atoms with Gasteiger partial charge in [0.2, 0.25) is 5.91 Å². The van der Waals surface area contributed by atoms with E-state index in [4.69, 9.17) is 0 Å². The van der Waals surface area contributed by atoms with Gasteiger partial charge in [-0.2, -0.15) is 0 Å². The average Bonchev–Trinajstić information content (AvgIpc) is 2.85. The number of amides is 4. The monoisotopic (exact) mass is 401 g/mol. The highest BCUT2D eigenvalue weighted by atomic mass is 32.2. The largest absolute Gasteiger partial charge is 0.332 e. The molecule has 0 radical (unpaired) electrons. The van der Waals surface area contributed by atoms with E-state index in [0.29, 0.717) is 11.4 Å². The Morgan fingerprint density at radius 3 is 2.21 bits per heavy atom. The van der Waals surface area contributed by atoms with Gasteiger partial charge in [-0.25, -0.2) is 13.2 Å². The maximum Gasteiger partial charge on any atom is 0.332 e. The van der Waals surface area contributed by atoms with Crippen molar-refractivity contribution in [3.05, 3.63) is 54.6 Å². The lowest BCUT2D eigenvalue weighted by atomic mass is 10.2. The molecule has 1 aliphatic rings. The summed E-state index contributed by atoms with van der Waals surface area (Å²) in [6.45, 7) is 1.17. The van der Waals surface area contributed by atoms with Crippen LogP contribution < -0.4 is 10.2 Å². The lowest BCUT2D eigenvalue weighted by Gasteiger charge is -2.19. The SMILES string of the molecule is CC1C(=O)N(CC(=O)Nc2ccc(S(C)(=O)=O)cc2)C(=O)N1c1ccccc1. The van der Waals surface area contributed by atoms with Gasteiger partial charge in [-0.3, -0.25) is 19.4 Å². The number of imide groups is 1. The van der Waals surface area contributed by atoms with Crippen LogP contribution in [-0.2, 0) is 19.4 Å². The van der Waals surface area contributed by atoms with Crippen molar-refractivity contribution < 1.29 is 22.8 Å². The van der Waals surface area contributed by atoms with Crippen LogP contribution in [0.15, 0.2) is 59.5 Å². The van der Waals surface area contributed by atoms with Crippen LogP contribution in [0.25, 0.3) is 0 Å². The highest BCUT2D eigenvalue weighted by Crippen LogP contribution is 2.25. The van der Waals surface area contributed by atoms with E-state index in [-0.39, 0.29) is 4.90 Å². The number of hydrogen-bond acceptors (Lipinski definition) is 5. The molecule has 0 spiro atoms. The van der Waals surface area contributed by atoms with Gasteiger partial charge >= 0.3 is 6.03 Å². The fourth-order valence-electron chi connectivity index (χ4n) is 2.92. The van der Waals surface area contributed by atoms with Crippen molar-refractivity contribution in [2.24, 2.45) is 0 Å². The topological polar surface area (TPSA) is 104 Å². The van der Waals surface area contributed by atoms with Crippen molar-refractivity contribution in [2.75, 3.05) is 23.0 Å². The van der Waals surface area contributed by atoms with Crippen molar-refractivity contribution in [1.29, 1.82) is 0 Å². The molecule has 4 amide bonds. The third-order valence-corrected chi connectivity index (χ3v) is 5.48. The second-order valence-electron chi connectivity index (χ2n) is 6.43. The number of carbonyl (C=O) groups excluding carboxylic acids is 3. The quantitative estimate of drug-likeness (QED) is 0.771. The van der Waals surface area contributed by atoms with Crippen LogP contribution in [0.4, 0.5) is 16.2 Å². The summed E-state index contributed by atoms with van der Waals surface area (Å²) in [6, 6.07) is 13.1. The van der Waals surface area contributed by atoms with Crippen LogP contribution >= 0.6 is 0 Å². The summed E-state index contributed by atoms with van der Waals surface area (Å²) in [5, 5.41) is 2.56. The molecule has 146 valence electrons. The van der Waals surface area contributed by atoms with E-state index >= 15 is 0 Å². The molecule has 3 rings (SSSR count). The molecular weight excluding hydrogens is 382 g/mol. The second-order valence-corrected chi connectivity index (χ2v) is 8.45. The Morgan fingerprint density at radius 2 is 1.64 bits per heavy atom. The van der Waals surface area contributed by atoms with Gasteiger partial charge in [-0.1, -0.05) is 18.2 Å². The first-order chi connectivity index (χ1) is 13.2. The number of carbonyl (C=O) groups is 3. The lowest BCUT2D eigenvalue weighted by Crippen LogP contribution is -2.39. The van der Waals surface area contributed by atoms with Gasteiger partial charge in [0.05, 0.1) is 4.90 Å². The Kier molecular flexibility index (Phi) is 5.19. The molecule has 1 unspecified atom stereocenters. The number of anilines is 2. The van der Waals surface area contributed by atoms with Crippen LogP contribution in [0.2, 0.25) is 0 Å². The number of urea groups is 1. The molecule has 1 N–H and O–H groups in total. The predicted molar refractivity (Wildman–Crippen MR) is 104 cm³/mol. The number of rotatable bonds is 5. The molecule has 0 aliphatic carbocycles. The number of sulfone groups is 1. The minimum Gasteiger partial charge on any atom is -0.325 e. The number of hydrogen-bond donors (Lipinski definition) is 1. The van der Waals surface area contributed by atoms with Crippen molar-refractivity contribution in [1.82, 2.24) is 4.90 Å². The molecule has 9 heteroatoms. The average molecular weight is 401 g/mol. The lowest BCUT2D eigenvalue weighted by molar-refractivity contribution is -0.130. The van der Waals surface area contributed by atoms with Gasteiger partial charge in [0.25, 0.3) is 5.91 Å². The fraction of sp³-hybridized carbons (Fsp3) is 0.211. The smallest absolute Gasteiger partial charge is 0.325 e. The summed E-state index contributed by atoms with van der Waals surface area (Å²) in [5.74, 6) is -1.02. The van der Waals surface area contributed by atoms with Gasteiger partial charge in [-0.05, 0) is 43.3 Å². The first kappa shape index (κ1) is 19.6. The van der Waals surface area contributed by atoms with Crippen molar-refractivity contribution in [3.8, 4) is 0 Å². The first-order valence-corrected chi connectivity index (χ1v) is 10.4. The highest BCUT2D eigenvalue weighted by molar-refractivity contribution is 7.90. The Balaban J connectivity index is 1.70. The number of nitrogens with zero attached hydrogens (tertiary/aromatic N) is 2. The van der Waals surface area contributed by atoms with E-state index in [9.17, 15) is 22.8 Å². The van der Waals surface area contributed by atoms with Gasteiger partial charge in [0.1, 0.15) is 12.6 Å². The number of para-hydroxylation sites is 1. The summed E-state index contributed by atoms with van der Waals surface area (Å²) in [5.41, 5.74) is 0.942. The fourth-order valence-corrected chi connectivity index (χ4v) is 3.55. The number of benzene rings is 2. The molecule has 1 atom stereocenters. The maximum absolute atomic E-state index is 12.7. The van der Waals surface area contributed by atoms with Crippen LogP contribution in [0.3, 0.4) is 0 Å². The molecular formula is C19H19N3O5S. The Bertz CT molecular complexity index is 1020. The molecule has 8 nitrogen and oxygen atoms in total. The third-order valence-electron chi connectivity index (χ3n) is 4.35. The minimum atomic E-state index is -3.34. The predicted octanol–water partition coefficient (Wildman–Crippen LogP) is 1.89. The maximum atomic E-state index is 12.7. The summed E-state index contributed by atoms with van der Waals surface area (Å²) in [7, 11) is -3.34. The van der Waals surface area contributed by atoms with Crippen LogP contribution in [0.1, 0.15) is 6.92 Å². The third kappa shape index (κ3) is 3.89. The molecule has 1 aliphatic heterocycles.